The molecule has 0 aliphatic carbocycles. The number of aliphatic hydroxyl groups excluding tert-OH is 2. The Hall–Kier alpha value is -1.06. The Morgan fingerprint density at radius 1 is 1.29 bits per heavy atom. The number of rotatable bonds is 5. The van der Waals surface area contributed by atoms with Gasteiger partial charge in [-0.3, -0.25) is 0 Å². The summed E-state index contributed by atoms with van der Waals surface area (Å²) in [5, 5.41) is 18.3. The molecule has 3 nitrogen and oxygen atoms in total. The van der Waals surface area contributed by atoms with Crippen molar-refractivity contribution in [2.24, 2.45) is 0 Å². The van der Waals surface area contributed by atoms with Gasteiger partial charge in [-0.1, -0.05) is 26.0 Å². The summed E-state index contributed by atoms with van der Waals surface area (Å²) in [5.41, 5.74) is 3.58. The zero-order valence-electron chi connectivity index (χ0n) is 11.1. The van der Waals surface area contributed by atoms with Crippen molar-refractivity contribution in [3.8, 4) is 0 Å². The van der Waals surface area contributed by atoms with Gasteiger partial charge in [0.15, 0.2) is 0 Å². The molecule has 0 aliphatic heterocycles. The molecule has 96 valence electrons. The van der Waals surface area contributed by atoms with Crippen LogP contribution in [-0.4, -0.2) is 36.5 Å². The lowest BCUT2D eigenvalue weighted by molar-refractivity contribution is 0.101. The van der Waals surface area contributed by atoms with Gasteiger partial charge < -0.3 is 15.1 Å². The highest BCUT2D eigenvalue weighted by molar-refractivity contribution is 5.55. The smallest absolute Gasteiger partial charge is 0.0945 e. The van der Waals surface area contributed by atoms with Crippen LogP contribution in [0.5, 0.6) is 0 Å². The molecular weight excluding hydrogens is 214 g/mol. The Morgan fingerprint density at radius 2 is 1.94 bits per heavy atom. The van der Waals surface area contributed by atoms with Crippen LogP contribution in [0, 0.1) is 6.92 Å². The van der Waals surface area contributed by atoms with Crippen molar-refractivity contribution in [2.45, 2.75) is 32.8 Å². The first-order valence-corrected chi connectivity index (χ1v) is 6.06. The van der Waals surface area contributed by atoms with Crippen molar-refractivity contribution in [3.05, 3.63) is 29.3 Å². The summed E-state index contributed by atoms with van der Waals surface area (Å²) in [5.74, 6) is 0.491. The quantitative estimate of drug-likeness (QED) is 0.822. The van der Waals surface area contributed by atoms with E-state index in [0.717, 1.165) is 5.69 Å². The number of aryl methyl sites for hydroxylation is 1. The Bertz CT molecular complexity index is 363. The zero-order chi connectivity index (χ0) is 13.0. The lowest BCUT2D eigenvalue weighted by atomic mass is 10.00. The molecule has 17 heavy (non-hydrogen) atoms. The Morgan fingerprint density at radius 3 is 2.47 bits per heavy atom. The molecule has 0 heterocycles. The van der Waals surface area contributed by atoms with Gasteiger partial charge in [-0.25, -0.2) is 0 Å². The molecule has 0 saturated carbocycles. The van der Waals surface area contributed by atoms with E-state index < -0.39 is 6.10 Å². The molecule has 0 spiro atoms. The third-order valence-corrected chi connectivity index (χ3v) is 3.01. The van der Waals surface area contributed by atoms with Crippen LogP contribution in [0.25, 0.3) is 0 Å². The van der Waals surface area contributed by atoms with Crippen LogP contribution < -0.4 is 4.90 Å². The van der Waals surface area contributed by atoms with Gasteiger partial charge in [-0.05, 0) is 30.0 Å². The van der Waals surface area contributed by atoms with E-state index in [0.29, 0.717) is 12.5 Å². The molecule has 0 aromatic heterocycles. The first-order valence-electron chi connectivity index (χ1n) is 6.06. The van der Waals surface area contributed by atoms with Crippen molar-refractivity contribution in [1.82, 2.24) is 0 Å². The minimum Gasteiger partial charge on any atom is -0.394 e. The van der Waals surface area contributed by atoms with E-state index >= 15 is 0 Å². The lowest BCUT2D eigenvalue weighted by Gasteiger charge is -2.24. The normalized spacial score (nSPS) is 12.9. The van der Waals surface area contributed by atoms with E-state index in [-0.39, 0.29) is 6.61 Å². The van der Waals surface area contributed by atoms with Crippen molar-refractivity contribution in [3.63, 3.8) is 0 Å². The van der Waals surface area contributed by atoms with Crippen molar-refractivity contribution in [2.75, 3.05) is 25.1 Å². The third-order valence-electron chi connectivity index (χ3n) is 3.01. The standard InChI is InChI=1S/C14H23NO2/c1-10(2)12-6-5-11(3)14(7-12)15(4)8-13(17)9-16/h5-7,10,13,16-17H,8-9H2,1-4H3. The second-order valence-corrected chi connectivity index (χ2v) is 4.92. The predicted molar refractivity (Wildman–Crippen MR) is 71.6 cm³/mol. The molecular formula is C14H23NO2. The second kappa shape index (κ2) is 6.03. The number of benzene rings is 1. The third kappa shape index (κ3) is 3.72. The maximum Gasteiger partial charge on any atom is 0.0945 e. The summed E-state index contributed by atoms with van der Waals surface area (Å²) in [7, 11) is 1.94. The van der Waals surface area contributed by atoms with Crippen LogP contribution >= 0.6 is 0 Å². The summed E-state index contributed by atoms with van der Waals surface area (Å²) in [6.07, 6.45) is -0.692. The molecule has 0 radical (unpaired) electrons. The average molecular weight is 237 g/mol. The van der Waals surface area contributed by atoms with Gasteiger partial charge in [0.2, 0.25) is 0 Å². The fourth-order valence-corrected chi connectivity index (χ4v) is 1.87. The first-order chi connectivity index (χ1) is 7.95. The predicted octanol–water partition coefficient (Wildman–Crippen LogP) is 1.91. The SMILES string of the molecule is Cc1ccc(C(C)C)cc1N(C)CC(O)CO. The van der Waals surface area contributed by atoms with E-state index in [1.807, 2.05) is 11.9 Å². The largest absolute Gasteiger partial charge is 0.394 e. The fourth-order valence-electron chi connectivity index (χ4n) is 1.87. The number of hydrogen-bond acceptors (Lipinski definition) is 3. The van der Waals surface area contributed by atoms with Gasteiger partial charge in [0, 0.05) is 19.3 Å². The highest BCUT2D eigenvalue weighted by Crippen LogP contribution is 2.24. The summed E-state index contributed by atoms with van der Waals surface area (Å²) < 4.78 is 0. The summed E-state index contributed by atoms with van der Waals surface area (Å²) in [4.78, 5) is 1.99. The average Bonchev–Trinajstić information content (AvgIpc) is 2.28. The fraction of sp³-hybridized carbons (Fsp3) is 0.571. The highest BCUT2D eigenvalue weighted by Gasteiger charge is 2.11. The zero-order valence-corrected chi connectivity index (χ0v) is 11.1. The lowest BCUT2D eigenvalue weighted by Crippen LogP contribution is -2.31. The molecule has 0 amide bonds. The van der Waals surface area contributed by atoms with E-state index in [9.17, 15) is 5.11 Å². The Balaban J connectivity index is 2.91. The van der Waals surface area contributed by atoms with Gasteiger partial charge in [-0.15, -0.1) is 0 Å². The number of likely N-dealkylation sites (N-methyl/N-ethyl adjacent to an activating group) is 1. The number of aliphatic hydroxyl groups is 2. The maximum atomic E-state index is 9.47. The molecule has 1 atom stereocenters. The van der Waals surface area contributed by atoms with Gasteiger partial charge >= 0.3 is 0 Å². The molecule has 1 rings (SSSR count). The highest BCUT2D eigenvalue weighted by atomic mass is 16.3. The molecule has 0 fully saturated rings. The van der Waals surface area contributed by atoms with E-state index in [2.05, 4.69) is 39.0 Å². The topological polar surface area (TPSA) is 43.7 Å². The number of hydrogen-bond donors (Lipinski definition) is 2. The van der Waals surface area contributed by atoms with Crippen molar-refractivity contribution in [1.29, 1.82) is 0 Å². The van der Waals surface area contributed by atoms with Gasteiger partial charge in [-0.2, -0.15) is 0 Å². The monoisotopic (exact) mass is 237 g/mol. The first kappa shape index (κ1) is 14.0. The van der Waals surface area contributed by atoms with Crippen LogP contribution in [0.15, 0.2) is 18.2 Å². The molecule has 2 N–H and O–H groups in total. The minimum absolute atomic E-state index is 0.201. The van der Waals surface area contributed by atoms with Crippen LogP contribution in [0.4, 0.5) is 5.69 Å². The van der Waals surface area contributed by atoms with Crippen LogP contribution in [0.3, 0.4) is 0 Å². The Labute approximate surface area is 104 Å². The van der Waals surface area contributed by atoms with Crippen LogP contribution in [0.1, 0.15) is 30.9 Å². The van der Waals surface area contributed by atoms with Crippen molar-refractivity contribution < 1.29 is 10.2 Å². The van der Waals surface area contributed by atoms with Crippen LogP contribution in [-0.2, 0) is 0 Å². The number of anilines is 1. The van der Waals surface area contributed by atoms with Crippen molar-refractivity contribution >= 4 is 5.69 Å². The number of nitrogens with zero attached hydrogens (tertiary/aromatic N) is 1. The van der Waals surface area contributed by atoms with Gasteiger partial charge in [0.05, 0.1) is 12.7 Å². The van der Waals surface area contributed by atoms with E-state index in [1.54, 1.807) is 0 Å². The molecule has 1 unspecified atom stereocenters. The minimum atomic E-state index is -0.692. The summed E-state index contributed by atoms with van der Waals surface area (Å²) >= 11 is 0. The van der Waals surface area contributed by atoms with E-state index in [1.165, 1.54) is 11.1 Å². The molecule has 0 aliphatic rings. The summed E-state index contributed by atoms with van der Waals surface area (Å²) in [6.45, 7) is 6.63. The van der Waals surface area contributed by atoms with Gasteiger partial charge in [0.1, 0.15) is 0 Å². The molecule has 0 bridgehead atoms. The molecule has 0 saturated heterocycles. The summed E-state index contributed by atoms with van der Waals surface area (Å²) in [6, 6.07) is 6.40. The van der Waals surface area contributed by atoms with Gasteiger partial charge in [0.25, 0.3) is 0 Å². The van der Waals surface area contributed by atoms with E-state index in [4.69, 9.17) is 5.11 Å². The molecule has 3 heteroatoms. The Kier molecular flexibility index (Phi) is 4.97. The molecule has 1 aromatic carbocycles. The molecule has 1 aromatic rings. The second-order valence-electron chi connectivity index (χ2n) is 4.92. The van der Waals surface area contributed by atoms with Crippen LogP contribution in [0.2, 0.25) is 0 Å². The maximum absolute atomic E-state index is 9.47.